The zero-order valence-corrected chi connectivity index (χ0v) is 12.4. The van der Waals surface area contributed by atoms with Crippen molar-refractivity contribution in [2.75, 3.05) is 7.11 Å². The molecule has 0 aromatic heterocycles. The number of carbonyl (C=O) groups excluding carboxylic acids is 3. The Morgan fingerprint density at radius 1 is 1.27 bits per heavy atom. The molecule has 6 heteroatoms. The summed E-state index contributed by atoms with van der Waals surface area (Å²) in [6, 6.07) is 8.86. The van der Waals surface area contributed by atoms with E-state index in [0.717, 1.165) is 5.56 Å². The average molecular weight is 305 g/mol. The molecule has 118 valence electrons. The van der Waals surface area contributed by atoms with E-state index in [1.165, 1.54) is 7.11 Å². The first kappa shape index (κ1) is 16.0. The van der Waals surface area contributed by atoms with E-state index in [2.05, 4.69) is 5.32 Å². The van der Waals surface area contributed by atoms with E-state index in [9.17, 15) is 14.4 Å². The molecule has 0 radical (unpaired) electrons. The van der Waals surface area contributed by atoms with Crippen LogP contribution in [-0.4, -0.2) is 31.0 Å². The highest BCUT2D eigenvalue weighted by Gasteiger charge is 2.36. The van der Waals surface area contributed by atoms with Gasteiger partial charge in [0.05, 0.1) is 13.0 Å². The van der Waals surface area contributed by atoms with Crippen LogP contribution in [0, 0.1) is 5.92 Å². The van der Waals surface area contributed by atoms with Gasteiger partial charge in [-0.3, -0.25) is 9.59 Å². The molecule has 2 unspecified atom stereocenters. The maximum atomic E-state index is 11.9. The first-order valence-electron chi connectivity index (χ1n) is 7.17. The van der Waals surface area contributed by atoms with Gasteiger partial charge in [-0.1, -0.05) is 30.3 Å². The van der Waals surface area contributed by atoms with Crippen molar-refractivity contribution in [1.29, 1.82) is 0 Å². The maximum Gasteiger partial charge on any atom is 0.407 e. The minimum absolute atomic E-state index is 0.00565. The monoisotopic (exact) mass is 305 g/mol. The van der Waals surface area contributed by atoms with E-state index in [-0.39, 0.29) is 18.8 Å². The molecular formula is C16H19NO5. The number of hydrogen-bond acceptors (Lipinski definition) is 5. The van der Waals surface area contributed by atoms with Crippen LogP contribution in [0.4, 0.5) is 4.79 Å². The fourth-order valence-corrected chi connectivity index (χ4v) is 2.50. The summed E-state index contributed by atoms with van der Waals surface area (Å²) in [6.45, 7) is 0.154. The molecule has 2 atom stereocenters. The van der Waals surface area contributed by atoms with Crippen molar-refractivity contribution >= 4 is 17.8 Å². The van der Waals surface area contributed by atoms with Gasteiger partial charge in [0.1, 0.15) is 12.4 Å². The summed E-state index contributed by atoms with van der Waals surface area (Å²) in [5.41, 5.74) is 0.876. The van der Waals surface area contributed by atoms with Gasteiger partial charge in [0.15, 0.2) is 0 Å². The van der Waals surface area contributed by atoms with Crippen LogP contribution in [0.5, 0.6) is 0 Å². The van der Waals surface area contributed by atoms with E-state index < -0.39 is 24.0 Å². The normalized spacial score (nSPS) is 21.0. The van der Waals surface area contributed by atoms with Gasteiger partial charge >= 0.3 is 12.1 Å². The number of methoxy groups -OCH3 is 1. The molecule has 22 heavy (non-hydrogen) atoms. The Balaban J connectivity index is 1.88. The SMILES string of the molecule is COC(=O)C1CC(=O)CCC1NC(=O)OCc1ccccc1. The molecule has 1 saturated carbocycles. The molecule has 1 N–H and O–H groups in total. The molecule has 0 spiro atoms. The van der Waals surface area contributed by atoms with Crippen LogP contribution in [0.2, 0.25) is 0 Å². The minimum Gasteiger partial charge on any atom is -0.469 e. The van der Waals surface area contributed by atoms with Crippen molar-refractivity contribution < 1.29 is 23.9 Å². The lowest BCUT2D eigenvalue weighted by Gasteiger charge is -2.29. The number of rotatable bonds is 4. The minimum atomic E-state index is -0.643. The number of benzene rings is 1. The molecular weight excluding hydrogens is 286 g/mol. The van der Waals surface area contributed by atoms with Gasteiger partial charge in [-0.15, -0.1) is 0 Å². The number of alkyl carbamates (subject to hydrolysis) is 1. The Hall–Kier alpha value is -2.37. The topological polar surface area (TPSA) is 81.7 Å². The molecule has 1 aromatic carbocycles. The fourth-order valence-electron chi connectivity index (χ4n) is 2.50. The molecule has 1 fully saturated rings. The number of carbonyl (C=O) groups is 3. The van der Waals surface area contributed by atoms with Crippen molar-refractivity contribution in [3.8, 4) is 0 Å². The number of esters is 1. The summed E-state index contributed by atoms with van der Waals surface area (Å²) in [5.74, 6) is -1.12. The van der Waals surface area contributed by atoms with Crippen molar-refractivity contribution in [2.24, 2.45) is 5.92 Å². The first-order chi connectivity index (χ1) is 10.6. The fraction of sp³-hybridized carbons (Fsp3) is 0.438. The lowest BCUT2D eigenvalue weighted by Crippen LogP contribution is -2.47. The Bertz CT molecular complexity index is 543. The van der Waals surface area contributed by atoms with E-state index >= 15 is 0 Å². The number of amides is 1. The number of nitrogens with one attached hydrogen (secondary N) is 1. The Labute approximate surface area is 128 Å². The summed E-state index contributed by atoms with van der Waals surface area (Å²) < 4.78 is 9.83. The summed E-state index contributed by atoms with van der Waals surface area (Å²) in [5, 5.41) is 2.66. The lowest BCUT2D eigenvalue weighted by molar-refractivity contribution is -0.149. The van der Waals surface area contributed by atoms with Crippen molar-refractivity contribution in [2.45, 2.75) is 31.9 Å². The summed E-state index contributed by atoms with van der Waals surface area (Å²) >= 11 is 0. The molecule has 0 bridgehead atoms. The average Bonchev–Trinajstić information content (AvgIpc) is 2.55. The molecule has 1 aliphatic rings. The maximum absolute atomic E-state index is 11.9. The molecule has 1 amide bonds. The third-order valence-electron chi connectivity index (χ3n) is 3.69. The quantitative estimate of drug-likeness (QED) is 0.858. The van der Waals surface area contributed by atoms with Gasteiger partial charge in [0.25, 0.3) is 0 Å². The van der Waals surface area contributed by atoms with Crippen LogP contribution < -0.4 is 5.32 Å². The molecule has 6 nitrogen and oxygen atoms in total. The van der Waals surface area contributed by atoms with Crippen LogP contribution >= 0.6 is 0 Å². The number of ketones is 1. The van der Waals surface area contributed by atoms with Crippen LogP contribution in [0.1, 0.15) is 24.8 Å². The van der Waals surface area contributed by atoms with Crippen molar-refractivity contribution in [3.05, 3.63) is 35.9 Å². The van der Waals surface area contributed by atoms with Crippen LogP contribution in [-0.2, 0) is 25.7 Å². The summed E-state index contributed by atoms with van der Waals surface area (Å²) in [7, 11) is 1.27. The summed E-state index contributed by atoms with van der Waals surface area (Å²) in [6.07, 6.45) is 0.254. The third-order valence-corrected chi connectivity index (χ3v) is 3.69. The Kier molecular flexibility index (Phi) is 5.52. The number of hydrogen-bond donors (Lipinski definition) is 1. The molecule has 0 aliphatic heterocycles. The number of Topliss-reactive ketones (excluding diaryl/α,β-unsaturated/α-hetero) is 1. The predicted molar refractivity (Wildman–Crippen MR) is 77.9 cm³/mol. The predicted octanol–water partition coefficient (Wildman–Crippen LogP) is 1.82. The molecule has 0 saturated heterocycles. The molecule has 1 aliphatic carbocycles. The smallest absolute Gasteiger partial charge is 0.407 e. The van der Waals surface area contributed by atoms with Gasteiger partial charge in [-0.2, -0.15) is 0 Å². The van der Waals surface area contributed by atoms with E-state index in [4.69, 9.17) is 9.47 Å². The van der Waals surface area contributed by atoms with Crippen LogP contribution in [0.15, 0.2) is 30.3 Å². The van der Waals surface area contributed by atoms with Gasteiger partial charge < -0.3 is 14.8 Å². The second-order valence-corrected chi connectivity index (χ2v) is 5.22. The van der Waals surface area contributed by atoms with E-state index in [0.29, 0.717) is 12.8 Å². The van der Waals surface area contributed by atoms with E-state index in [1.54, 1.807) is 0 Å². The molecule has 2 rings (SSSR count). The van der Waals surface area contributed by atoms with Gasteiger partial charge in [-0.05, 0) is 12.0 Å². The van der Waals surface area contributed by atoms with Gasteiger partial charge in [0.2, 0.25) is 0 Å². The van der Waals surface area contributed by atoms with Crippen molar-refractivity contribution in [3.63, 3.8) is 0 Å². The second-order valence-electron chi connectivity index (χ2n) is 5.22. The highest BCUT2D eigenvalue weighted by atomic mass is 16.5. The first-order valence-corrected chi connectivity index (χ1v) is 7.17. The zero-order chi connectivity index (χ0) is 15.9. The second kappa shape index (κ2) is 7.59. The van der Waals surface area contributed by atoms with Crippen LogP contribution in [0.25, 0.3) is 0 Å². The Morgan fingerprint density at radius 2 is 2.00 bits per heavy atom. The van der Waals surface area contributed by atoms with Crippen molar-refractivity contribution in [1.82, 2.24) is 5.32 Å². The Morgan fingerprint density at radius 3 is 2.68 bits per heavy atom. The highest BCUT2D eigenvalue weighted by Crippen LogP contribution is 2.23. The van der Waals surface area contributed by atoms with E-state index in [1.807, 2.05) is 30.3 Å². The van der Waals surface area contributed by atoms with Crippen LogP contribution in [0.3, 0.4) is 0 Å². The number of ether oxygens (including phenoxy) is 2. The molecule has 0 heterocycles. The third kappa shape index (κ3) is 4.31. The lowest BCUT2D eigenvalue weighted by atomic mass is 9.84. The largest absolute Gasteiger partial charge is 0.469 e. The highest BCUT2D eigenvalue weighted by molar-refractivity contribution is 5.87. The zero-order valence-electron chi connectivity index (χ0n) is 12.4. The molecule has 1 aromatic rings. The van der Waals surface area contributed by atoms with Gasteiger partial charge in [-0.25, -0.2) is 4.79 Å². The standard InChI is InChI=1S/C16H19NO5/c1-21-15(19)13-9-12(18)7-8-14(13)17-16(20)22-10-11-5-3-2-4-6-11/h2-6,13-14H,7-10H2,1H3,(H,17,20). The van der Waals surface area contributed by atoms with Gasteiger partial charge in [0, 0.05) is 18.9 Å². The summed E-state index contributed by atoms with van der Waals surface area (Å²) in [4.78, 5) is 35.1.